The minimum Gasteiger partial charge on any atom is -0.490 e. The van der Waals surface area contributed by atoms with E-state index in [0.29, 0.717) is 35.0 Å². The van der Waals surface area contributed by atoms with Crippen molar-refractivity contribution in [1.82, 2.24) is 5.43 Å². The molecule has 1 aliphatic rings. The summed E-state index contributed by atoms with van der Waals surface area (Å²) in [6.45, 7) is 4.83. The molecule has 3 aromatic carbocycles. The molecule has 0 saturated carbocycles. The van der Waals surface area contributed by atoms with E-state index < -0.39 is 0 Å². The van der Waals surface area contributed by atoms with Crippen molar-refractivity contribution < 1.29 is 19.0 Å². The molecule has 0 spiro atoms. The number of carbonyl (C=O) groups excluding carboxylic acids is 1. The molecule has 1 fully saturated rings. The van der Waals surface area contributed by atoms with E-state index in [1.165, 1.54) is 22.6 Å². The van der Waals surface area contributed by atoms with E-state index in [1.807, 2.05) is 66.8 Å². The molecule has 0 aliphatic carbocycles. The topological polar surface area (TPSA) is 69.2 Å². The van der Waals surface area contributed by atoms with Gasteiger partial charge in [-0.05, 0) is 77.4 Å². The van der Waals surface area contributed by atoms with Crippen molar-refractivity contribution in [3.8, 4) is 17.2 Å². The zero-order chi connectivity index (χ0) is 26.0. The number of amides is 1. The second kappa shape index (κ2) is 14.0. The second-order valence-electron chi connectivity index (χ2n) is 8.27. The smallest absolute Gasteiger partial charge is 0.277 e. The van der Waals surface area contributed by atoms with Crippen molar-refractivity contribution >= 4 is 58.2 Å². The molecule has 194 valence electrons. The molecule has 0 bridgehead atoms. The minimum atomic E-state index is -0.333. The summed E-state index contributed by atoms with van der Waals surface area (Å²) in [6.07, 6.45) is 1.58. The lowest BCUT2D eigenvalue weighted by atomic mass is 10.1. The molecule has 0 radical (unpaired) electrons. The Labute approximate surface area is 240 Å². The van der Waals surface area contributed by atoms with Crippen LogP contribution in [0.1, 0.15) is 33.8 Å². The molecule has 0 atom stereocenters. The third-order valence-corrected chi connectivity index (χ3v) is 9.25. The summed E-state index contributed by atoms with van der Waals surface area (Å²) in [7, 11) is 0. The van der Waals surface area contributed by atoms with Crippen molar-refractivity contribution in [2.45, 2.75) is 25.0 Å². The van der Waals surface area contributed by atoms with Crippen LogP contribution in [0.3, 0.4) is 0 Å². The Morgan fingerprint density at radius 3 is 2.59 bits per heavy atom. The van der Waals surface area contributed by atoms with Crippen LogP contribution in [0.15, 0.2) is 65.8 Å². The third-order valence-electron chi connectivity index (χ3n) is 5.34. The normalized spacial score (nSPS) is 13.6. The van der Waals surface area contributed by atoms with Gasteiger partial charge >= 0.3 is 0 Å². The number of hydrazone groups is 1. The van der Waals surface area contributed by atoms with E-state index in [9.17, 15) is 4.79 Å². The SMILES string of the molecule is CCOc1cc(/C=N\NC(=O)COc2ccc(C3SCCS3)cc2)cc(I)c1OCc1cccc(C)c1. The van der Waals surface area contributed by atoms with Gasteiger partial charge in [0.05, 0.1) is 21.0 Å². The van der Waals surface area contributed by atoms with E-state index in [-0.39, 0.29) is 12.5 Å². The van der Waals surface area contributed by atoms with Gasteiger partial charge < -0.3 is 14.2 Å². The first-order chi connectivity index (χ1) is 18.0. The summed E-state index contributed by atoms with van der Waals surface area (Å²) in [5.41, 5.74) is 6.87. The number of rotatable bonds is 11. The van der Waals surface area contributed by atoms with Crippen LogP contribution in [0.5, 0.6) is 17.2 Å². The van der Waals surface area contributed by atoms with E-state index in [4.69, 9.17) is 14.2 Å². The maximum absolute atomic E-state index is 12.2. The van der Waals surface area contributed by atoms with E-state index in [1.54, 1.807) is 6.21 Å². The van der Waals surface area contributed by atoms with Crippen molar-refractivity contribution in [3.63, 3.8) is 0 Å². The van der Waals surface area contributed by atoms with Gasteiger partial charge in [-0.1, -0.05) is 42.0 Å². The van der Waals surface area contributed by atoms with Crippen LogP contribution in [0, 0.1) is 10.5 Å². The molecular formula is C28H29IN2O4S2. The minimum absolute atomic E-state index is 0.114. The highest BCUT2D eigenvalue weighted by Crippen LogP contribution is 2.45. The second-order valence-corrected chi connectivity index (χ2v) is 12.2. The van der Waals surface area contributed by atoms with Gasteiger partial charge in [0.25, 0.3) is 5.91 Å². The average Bonchev–Trinajstić information content (AvgIpc) is 3.43. The number of hydrogen-bond donors (Lipinski definition) is 1. The molecule has 1 amide bonds. The number of thioether (sulfide) groups is 2. The average molecular weight is 649 g/mol. The standard InChI is InChI=1S/C28H29IN2O4S2/c1-3-33-25-15-21(14-24(29)27(25)35-17-20-6-4-5-19(2)13-20)16-30-31-26(32)18-34-23-9-7-22(8-10-23)28-36-11-12-37-28/h4-10,13-16,28H,3,11-12,17-18H2,1-2H3,(H,31,32)/b30-16-. The van der Waals surface area contributed by atoms with Gasteiger partial charge in [0, 0.05) is 11.5 Å². The maximum Gasteiger partial charge on any atom is 0.277 e. The third kappa shape index (κ3) is 8.31. The number of halogens is 1. The monoisotopic (exact) mass is 648 g/mol. The lowest BCUT2D eigenvalue weighted by Crippen LogP contribution is -2.24. The van der Waals surface area contributed by atoms with Crippen LogP contribution in [0.4, 0.5) is 0 Å². The number of aryl methyl sites for hydroxylation is 1. The predicted molar refractivity (Wildman–Crippen MR) is 161 cm³/mol. The molecule has 1 heterocycles. The lowest BCUT2D eigenvalue weighted by Gasteiger charge is -2.15. The molecular weight excluding hydrogens is 619 g/mol. The molecule has 3 aromatic rings. The van der Waals surface area contributed by atoms with E-state index in [2.05, 4.69) is 64.3 Å². The Balaban J connectivity index is 1.30. The van der Waals surface area contributed by atoms with Crippen LogP contribution in [0.2, 0.25) is 0 Å². The molecule has 1 saturated heterocycles. The molecule has 1 N–H and O–H groups in total. The Hall–Kier alpha value is -2.37. The highest BCUT2D eigenvalue weighted by Gasteiger charge is 2.18. The van der Waals surface area contributed by atoms with Gasteiger partial charge in [-0.15, -0.1) is 23.5 Å². The van der Waals surface area contributed by atoms with Crippen LogP contribution in [-0.2, 0) is 11.4 Å². The summed E-state index contributed by atoms with van der Waals surface area (Å²) < 4.78 is 18.9. The number of ether oxygens (including phenoxy) is 3. The molecule has 6 nitrogen and oxygen atoms in total. The number of nitrogens with one attached hydrogen (secondary N) is 1. The van der Waals surface area contributed by atoms with Gasteiger partial charge in [-0.2, -0.15) is 5.10 Å². The van der Waals surface area contributed by atoms with Crippen molar-refractivity contribution in [1.29, 1.82) is 0 Å². The Morgan fingerprint density at radius 2 is 1.86 bits per heavy atom. The van der Waals surface area contributed by atoms with Crippen molar-refractivity contribution in [3.05, 3.63) is 86.5 Å². The fourth-order valence-electron chi connectivity index (χ4n) is 3.65. The molecule has 0 unspecified atom stereocenters. The van der Waals surface area contributed by atoms with E-state index >= 15 is 0 Å². The van der Waals surface area contributed by atoms with Crippen LogP contribution < -0.4 is 19.6 Å². The van der Waals surface area contributed by atoms with Crippen LogP contribution >= 0.6 is 46.1 Å². The van der Waals surface area contributed by atoms with Gasteiger partial charge in [0.15, 0.2) is 18.1 Å². The summed E-state index contributed by atoms with van der Waals surface area (Å²) in [6, 6.07) is 19.9. The quantitative estimate of drug-likeness (QED) is 0.144. The Bertz CT molecular complexity index is 1230. The number of hydrogen-bond acceptors (Lipinski definition) is 7. The van der Waals surface area contributed by atoms with E-state index in [0.717, 1.165) is 14.7 Å². The zero-order valence-electron chi connectivity index (χ0n) is 20.7. The Morgan fingerprint density at radius 1 is 1.08 bits per heavy atom. The molecule has 4 rings (SSSR count). The summed E-state index contributed by atoms with van der Waals surface area (Å²) in [5.74, 6) is 4.03. The first kappa shape index (κ1) is 27.7. The fourth-order valence-corrected chi connectivity index (χ4v) is 7.30. The summed E-state index contributed by atoms with van der Waals surface area (Å²) >= 11 is 6.14. The predicted octanol–water partition coefficient (Wildman–Crippen LogP) is 6.59. The summed E-state index contributed by atoms with van der Waals surface area (Å²) in [4.78, 5) is 12.2. The molecule has 0 aromatic heterocycles. The highest BCUT2D eigenvalue weighted by atomic mass is 127. The van der Waals surface area contributed by atoms with Gasteiger partial charge in [0.1, 0.15) is 12.4 Å². The molecule has 1 aliphatic heterocycles. The van der Waals surface area contributed by atoms with Crippen molar-refractivity contribution in [2.24, 2.45) is 5.10 Å². The number of carbonyl (C=O) groups is 1. The van der Waals surface area contributed by atoms with Crippen molar-refractivity contribution in [2.75, 3.05) is 24.7 Å². The lowest BCUT2D eigenvalue weighted by molar-refractivity contribution is -0.123. The van der Waals surface area contributed by atoms with Crippen LogP contribution in [0.25, 0.3) is 0 Å². The Kier molecular flexibility index (Phi) is 10.4. The fraction of sp³-hybridized carbons (Fsp3) is 0.286. The molecule has 9 heteroatoms. The number of nitrogens with zero attached hydrogens (tertiary/aromatic N) is 1. The van der Waals surface area contributed by atoms with Crippen LogP contribution in [-0.4, -0.2) is 36.8 Å². The maximum atomic E-state index is 12.2. The largest absolute Gasteiger partial charge is 0.490 e. The van der Waals surface area contributed by atoms with Gasteiger partial charge in [0.2, 0.25) is 0 Å². The first-order valence-corrected chi connectivity index (χ1v) is 15.1. The van der Waals surface area contributed by atoms with Gasteiger partial charge in [-0.3, -0.25) is 4.79 Å². The zero-order valence-corrected chi connectivity index (χ0v) is 24.5. The van der Waals surface area contributed by atoms with Gasteiger partial charge in [-0.25, -0.2) is 5.43 Å². The number of benzene rings is 3. The highest BCUT2D eigenvalue weighted by molar-refractivity contribution is 14.1. The summed E-state index contributed by atoms with van der Waals surface area (Å²) in [5, 5.41) is 4.09. The first-order valence-electron chi connectivity index (χ1n) is 11.9. The molecule has 37 heavy (non-hydrogen) atoms.